The number of hydrogen-bond acceptors (Lipinski definition) is 5. The first kappa shape index (κ1) is 12.6. The molecule has 0 amide bonds. The predicted octanol–water partition coefficient (Wildman–Crippen LogP) is 3.19. The van der Waals surface area contributed by atoms with Gasteiger partial charge in [-0.15, -0.1) is 0 Å². The van der Waals surface area contributed by atoms with E-state index in [1.165, 1.54) is 44.1 Å². The number of nitrogens with one attached hydrogen (secondary N) is 1. The number of carbonyl (C=O) groups is 1. The molecule has 6 heteroatoms. The van der Waals surface area contributed by atoms with Gasteiger partial charge in [-0.05, 0) is 18.8 Å². The van der Waals surface area contributed by atoms with Crippen LogP contribution in [-0.2, 0) is 4.74 Å². The number of ether oxygens (including phenoxy) is 1. The van der Waals surface area contributed by atoms with Gasteiger partial charge in [0, 0.05) is 6.54 Å². The number of carbonyl (C=O) groups excluding carboxylic acids is 1. The molecule has 1 aliphatic rings. The maximum atomic E-state index is 11.3. The van der Waals surface area contributed by atoms with Crippen LogP contribution >= 0.6 is 22.9 Å². The summed E-state index contributed by atoms with van der Waals surface area (Å²) in [7, 11) is 1.34. The van der Waals surface area contributed by atoms with Crippen molar-refractivity contribution in [3.05, 3.63) is 10.0 Å². The van der Waals surface area contributed by atoms with Crippen LogP contribution < -0.4 is 5.32 Å². The van der Waals surface area contributed by atoms with Gasteiger partial charge in [0.05, 0.1) is 7.11 Å². The lowest BCUT2D eigenvalue weighted by Gasteiger charge is -2.08. The van der Waals surface area contributed by atoms with E-state index in [0.29, 0.717) is 10.0 Å². The molecule has 2 rings (SSSR count). The molecular formula is C11H15ClN2O2S. The summed E-state index contributed by atoms with van der Waals surface area (Å²) in [4.78, 5) is 15.8. The van der Waals surface area contributed by atoms with E-state index in [0.717, 1.165) is 12.5 Å². The number of rotatable bonds is 4. The SMILES string of the molecule is COC(=O)c1sc(NCC2CCCC2)nc1Cl. The van der Waals surface area contributed by atoms with Crippen LogP contribution in [-0.4, -0.2) is 24.6 Å². The molecule has 1 saturated carbocycles. The van der Waals surface area contributed by atoms with E-state index in [4.69, 9.17) is 11.6 Å². The zero-order valence-corrected chi connectivity index (χ0v) is 11.2. The third-order valence-corrected chi connectivity index (χ3v) is 4.35. The van der Waals surface area contributed by atoms with Gasteiger partial charge in [0.1, 0.15) is 0 Å². The molecular weight excluding hydrogens is 260 g/mol. The molecule has 1 aliphatic carbocycles. The number of halogens is 1. The summed E-state index contributed by atoms with van der Waals surface area (Å²) in [6.45, 7) is 0.907. The zero-order valence-electron chi connectivity index (χ0n) is 9.66. The summed E-state index contributed by atoms with van der Waals surface area (Å²) in [5.74, 6) is 0.292. The maximum Gasteiger partial charge on any atom is 0.351 e. The van der Waals surface area contributed by atoms with Crippen LogP contribution in [0, 0.1) is 5.92 Å². The number of aromatic nitrogens is 1. The van der Waals surface area contributed by atoms with Gasteiger partial charge in [0.15, 0.2) is 15.2 Å². The number of methoxy groups -OCH3 is 1. The smallest absolute Gasteiger partial charge is 0.351 e. The Labute approximate surface area is 109 Å². The van der Waals surface area contributed by atoms with E-state index in [2.05, 4.69) is 15.0 Å². The van der Waals surface area contributed by atoms with Gasteiger partial charge in [-0.1, -0.05) is 35.8 Å². The summed E-state index contributed by atoms with van der Waals surface area (Å²) < 4.78 is 4.63. The third-order valence-electron chi connectivity index (χ3n) is 2.97. The van der Waals surface area contributed by atoms with Gasteiger partial charge < -0.3 is 10.1 Å². The van der Waals surface area contributed by atoms with Crippen LogP contribution in [0.4, 0.5) is 5.13 Å². The Hall–Kier alpha value is -0.810. The average molecular weight is 275 g/mol. The second-order valence-electron chi connectivity index (χ2n) is 4.16. The Kier molecular flexibility index (Phi) is 4.23. The van der Waals surface area contributed by atoms with Crippen molar-refractivity contribution in [3.63, 3.8) is 0 Å². The lowest BCUT2D eigenvalue weighted by atomic mass is 10.1. The van der Waals surface area contributed by atoms with Crippen molar-refractivity contribution < 1.29 is 9.53 Å². The van der Waals surface area contributed by atoms with E-state index < -0.39 is 5.97 Å². The standard InChI is InChI=1S/C11H15ClN2O2S/c1-16-10(15)8-9(12)14-11(17-8)13-6-7-4-2-3-5-7/h7H,2-6H2,1H3,(H,13,14). The summed E-state index contributed by atoms with van der Waals surface area (Å²) in [5.41, 5.74) is 0. The lowest BCUT2D eigenvalue weighted by Crippen LogP contribution is -2.10. The first-order valence-corrected chi connectivity index (χ1v) is 6.88. The highest BCUT2D eigenvalue weighted by atomic mass is 35.5. The molecule has 0 aromatic carbocycles. The molecule has 1 fully saturated rings. The topological polar surface area (TPSA) is 51.2 Å². The maximum absolute atomic E-state index is 11.3. The Morgan fingerprint density at radius 2 is 2.29 bits per heavy atom. The van der Waals surface area contributed by atoms with Gasteiger partial charge in [-0.2, -0.15) is 0 Å². The lowest BCUT2D eigenvalue weighted by molar-refractivity contribution is 0.0606. The van der Waals surface area contributed by atoms with E-state index in [1.807, 2.05) is 0 Å². The third kappa shape index (κ3) is 3.10. The van der Waals surface area contributed by atoms with Gasteiger partial charge >= 0.3 is 5.97 Å². The number of hydrogen-bond donors (Lipinski definition) is 1. The molecule has 17 heavy (non-hydrogen) atoms. The second kappa shape index (κ2) is 5.69. The van der Waals surface area contributed by atoms with E-state index in [9.17, 15) is 4.79 Å². The number of nitrogens with zero attached hydrogens (tertiary/aromatic N) is 1. The molecule has 0 saturated heterocycles. The summed E-state index contributed by atoms with van der Waals surface area (Å²) >= 11 is 7.12. The van der Waals surface area contributed by atoms with Crippen molar-refractivity contribution >= 4 is 34.0 Å². The monoisotopic (exact) mass is 274 g/mol. The first-order chi connectivity index (χ1) is 8.20. The van der Waals surface area contributed by atoms with Crippen LogP contribution in [0.15, 0.2) is 0 Å². The molecule has 1 N–H and O–H groups in total. The minimum atomic E-state index is -0.429. The fourth-order valence-electron chi connectivity index (χ4n) is 2.04. The Bertz CT molecular complexity index is 402. The molecule has 94 valence electrons. The minimum Gasteiger partial charge on any atom is -0.465 e. The van der Waals surface area contributed by atoms with Crippen LogP contribution in [0.1, 0.15) is 35.4 Å². The summed E-state index contributed by atoms with van der Waals surface area (Å²) in [5, 5.41) is 4.16. The van der Waals surface area contributed by atoms with Crippen LogP contribution in [0.25, 0.3) is 0 Å². The van der Waals surface area contributed by atoms with Gasteiger partial charge in [-0.25, -0.2) is 9.78 Å². The molecule has 0 atom stereocenters. The first-order valence-electron chi connectivity index (χ1n) is 5.69. The van der Waals surface area contributed by atoms with Crippen molar-refractivity contribution in [2.45, 2.75) is 25.7 Å². The second-order valence-corrected chi connectivity index (χ2v) is 5.52. The average Bonchev–Trinajstić information content (AvgIpc) is 2.94. The molecule has 0 aliphatic heterocycles. The molecule has 4 nitrogen and oxygen atoms in total. The van der Waals surface area contributed by atoms with Crippen molar-refractivity contribution in [3.8, 4) is 0 Å². The molecule has 1 aromatic rings. The number of anilines is 1. The van der Waals surface area contributed by atoms with E-state index in [-0.39, 0.29) is 5.15 Å². The fraction of sp³-hybridized carbons (Fsp3) is 0.636. The van der Waals surface area contributed by atoms with Crippen LogP contribution in [0.3, 0.4) is 0 Å². The molecule has 0 radical (unpaired) electrons. The van der Waals surface area contributed by atoms with Crippen LogP contribution in [0.5, 0.6) is 0 Å². The Morgan fingerprint density at radius 1 is 1.59 bits per heavy atom. The molecule has 1 aromatic heterocycles. The quantitative estimate of drug-likeness (QED) is 0.857. The summed E-state index contributed by atoms with van der Waals surface area (Å²) in [6.07, 6.45) is 5.18. The highest BCUT2D eigenvalue weighted by Crippen LogP contribution is 2.29. The largest absolute Gasteiger partial charge is 0.465 e. The van der Waals surface area contributed by atoms with E-state index >= 15 is 0 Å². The molecule has 0 bridgehead atoms. The van der Waals surface area contributed by atoms with Crippen molar-refractivity contribution in [1.29, 1.82) is 0 Å². The molecule has 0 spiro atoms. The molecule has 1 heterocycles. The highest BCUT2D eigenvalue weighted by Gasteiger charge is 2.19. The van der Waals surface area contributed by atoms with E-state index in [1.54, 1.807) is 0 Å². The zero-order chi connectivity index (χ0) is 12.3. The van der Waals surface area contributed by atoms with Crippen molar-refractivity contribution in [1.82, 2.24) is 4.98 Å². The van der Waals surface area contributed by atoms with Crippen LogP contribution in [0.2, 0.25) is 5.15 Å². The number of thiazole rings is 1. The van der Waals surface area contributed by atoms with Gasteiger partial charge in [-0.3, -0.25) is 0 Å². The van der Waals surface area contributed by atoms with Gasteiger partial charge in [0.2, 0.25) is 0 Å². The Balaban J connectivity index is 1.94. The minimum absolute atomic E-state index is 0.218. The predicted molar refractivity (Wildman–Crippen MR) is 68.9 cm³/mol. The van der Waals surface area contributed by atoms with Gasteiger partial charge in [0.25, 0.3) is 0 Å². The summed E-state index contributed by atoms with van der Waals surface area (Å²) in [6, 6.07) is 0. The fourth-order valence-corrected chi connectivity index (χ4v) is 3.15. The highest BCUT2D eigenvalue weighted by molar-refractivity contribution is 7.18. The number of esters is 1. The molecule has 0 unspecified atom stereocenters. The van der Waals surface area contributed by atoms with Crippen molar-refractivity contribution in [2.24, 2.45) is 5.92 Å². The Morgan fingerprint density at radius 3 is 2.94 bits per heavy atom. The normalized spacial score (nSPS) is 16.1. The van der Waals surface area contributed by atoms with Crippen molar-refractivity contribution in [2.75, 3.05) is 19.0 Å².